The second kappa shape index (κ2) is 4.89. The zero-order valence-corrected chi connectivity index (χ0v) is 8.73. The minimum atomic E-state index is -4.68. The summed E-state index contributed by atoms with van der Waals surface area (Å²) in [7, 11) is 1.53. The summed E-state index contributed by atoms with van der Waals surface area (Å²) in [6, 6.07) is 0.00324. The van der Waals surface area contributed by atoms with Crippen molar-refractivity contribution < 1.29 is 12.9 Å². The first-order valence-corrected chi connectivity index (χ1v) is 4.63. The van der Waals surface area contributed by atoms with Crippen LogP contribution in [0, 0.1) is 5.92 Å². The van der Waals surface area contributed by atoms with Crippen LogP contribution in [0.15, 0.2) is 0 Å². The van der Waals surface area contributed by atoms with E-state index in [2.05, 4.69) is 0 Å². The molecule has 0 bridgehead atoms. The molecule has 13 heavy (non-hydrogen) atoms. The van der Waals surface area contributed by atoms with Crippen molar-refractivity contribution in [2.45, 2.75) is 33.2 Å². The Morgan fingerprint density at radius 2 is 1.62 bits per heavy atom. The fourth-order valence-electron chi connectivity index (χ4n) is 1.37. The number of hydrogen-bond donors (Lipinski definition) is 0. The molecule has 0 saturated heterocycles. The van der Waals surface area contributed by atoms with Crippen LogP contribution < -0.4 is 0 Å². The summed E-state index contributed by atoms with van der Waals surface area (Å²) in [6.07, 6.45) is 0.0521. The quantitative estimate of drug-likeness (QED) is 0.611. The number of nitrogens with zero attached hydrogens (tertiary/aromatic N) is 1. The Labute approximate surface area is 78.4 Å². The Morgan fingerprint density at radius 3 is 1.92 bits per heavy atom. The van der Waals surface area contributed by atoms with Crippen molar-refractivity contribution in [2.75, 3.05) is 13.5 Å². The Kier molecular flexibility index (Phi) is 4.82. The van der Waals surface area contributed by atoms with Crippen molar-refractivity contribution in [3.8, 4) is 0 Å². The zero-order valence-electron chi connectivity index (χ0n) is 8.73. The van der Waals surface area contributed by atoms with Crippen molar-refractivity contribution in [3.05, 3.63) is 0 Å². The summed E-state index contributed by atoms with van der Waals surface area (Å²) < 4.78 is 36.1. The third-order valence-electron chi connectivity index (χ3n) is 2.06. The molecule has 0 aliphatic heterocycles. The first-order chi connectivity index (χ1) is 5.72. The van der Waals surface area contributed by atoms with E-state index in [-0.39, 0.29) is 6.04 Å². The fourth-order valence-corrected chi connectivity index (χ4v) is 1.37. The molecule has 0 heterocycles. The molecule has 0 aliphatic carbocycles. The Morgan fingerprint density at radius 1 is 1.15 bits per heavy atom. The van der Waals surface area contributed by atoms with E-state index in [0.29, 0.717) is 5.92 Å². The maximum atomic E-state index is 12.0. The predicted molar refractivity (Wildman–Crippen MR) is 50.6 cm³/mol. The molecule has 0 spiro atoms. The minimum Gasteiger partial charge on any atom is -0.448 e. The van der Waals surface area contributed by atoms with Crippen LogP contribution in [0.4, 0.5) is 12.9 Å². The fraction of sp³-hybridized carbons (Fsp3) is 1.00. The van der Waals surface area contributed by atoms with Gasteiger partial charge in [0.1, 0.15) is 0 Å². The monoisotopic (exact) mass is 196 g/mol. The molecule has 0 radical (unpaired) electrons. The van der Waals surface area contributed by atoms with Crippen molar-refractivity contribution in [2.24, 2.45) is 5.92 Å². The van der Waals surface area contributed by atoms with Gasteiger partial charge in [0, 0.05) is 6.04 Å². The maximum Gasteiger partial charge on any atom is 0.492 e. The van der Waals surface area contributed by atoms with Crippen LogP contribution in [0.3, 0.4) is 0 Å². The van der Waals surface area contributed by atoms with E-state index in [1.54, 1.807) is 0 Å². The van der Waals surface area contributed by atoms with Crippen molar-refractivity contribution in [1.29, 1.82) is 0 Å². The largest absolute Gasteiger partial charge is 0.492 e. The molecule has 0 aromatic carbocycles. The lowest BCUT2D eigenvalue weighted by Crippen LogP contribution is -2.40. The lowest BCUT2D eigenvalue weighted by Gasteiger charge is -2.30. The van der Waals surface area contributed by atoms with Crippen LogP contribution in [0.2, 0.25) is 0 Å². The van der Waals surface area contributed by atoms with Gasteiger partial charge in [-0.1, -0.05) is 13.8 Å². The average molecular weight is 196 g/mol. The number of halogens is 3. The predicted octanol–water partition coefficient (Wildman–Crippen LogP) is 2.74. The van der Waals surface area contributed by atoms with E-state index >= 15 is 0 Å². The van der Waals surface area contributed by atoms with Crippen LogP contribution in [0.25, 0.3) is 0 Å². The van der Waals surface area contributed by atoms with Gasteiger partial charge in [-0.05, 0) is 32.8 Å². The molecule has 80 valence electrons. The van der Waals surface area contributed by atoms with Crippen LogP contribution >= 0.6 is 0 Å². The summed E-state index contributed by atoms with van der Waals surface area (Å²) in [5.41, 5.74) is 0. The molecular formula is C8H18BF3N-. The van der Waals surface area contributed by atoms with Gasteiger partial charge >= 0.3 is 6.98 Å². The van der Waals surface area contributed by atoms with E-state index in [4.69, 9.17) is 0 Å². The Hall–Kier alpha value is -0.185. The second-order valence-corrected chi connectivity index (χ2v) is 4.13. The summed E-state index contributed by atoms with van der Waals surface area (Å²) in [5.74, 6) is 0.443. The average Bonchev–Trinajstić information content (AvgIpc) is 1.81. The van der Waals surface area contributed by atoms with Crippen LogP contribution in [-0.2, 0) is 0 Å². The molecule has 0 fully saturated rings. The normalized spacial score (nSPS) is 15.5. The van der Waals surface area contributed by atoms with E-state index in [1.807, 2.05) is 20.8 Å². The van der Waals surface area contributed by atoms with Gasteiger partial charge in [0.2, 0.25) is 0 Å². The zero-order chi connectivity index (χ0) is 10.6. The molecule has 0 N–H and O–H groups in total. The smallest absolute Gasteiger partial charge is 0.448 e. The topological polar surface area (TPSA) is 3.24 Å². The first-order valence-electron chi connectivity index (χ1n) is 4.63. The highest BCUT2D eigenvalue weighted by atomic mass is 19.4. The van der Waals surface area contributed by atoms with E-state index in [9.17, 15) is 12.9 Å². The van der Waals surface area contributed by atoms with Crippen LogP contribution in [-0.4, -0.2) is 31.4 Å². The van der Waals surface area contributed by atoms with Crippen molar-refractivity contribution >= 4 is 6.98 Å². The van der Waals surface area contributed by atoms with Gasteiger partial charge in [0.15, 0.2) is 0 Å². The molecular weight excluding hydrogens is 178 g/mol. The molecule has 0 aliphatic rings. The van der Waals surface area contributed by atoms with E-state index in [1.165, 1.54) is 11.9 Å². The lowest BCUT2D eigenvalue weighted by molar-refractivity contribution is 0.235. The molecule has 0 aromatic heterocycles. The van der Waals surface area contributed by atoms with Crippen molar-refractivity contribution in [3.63, 3.8) is 0 Å². The first kappa shape index (κ1) is 12.8. The molecule has 0 rings (SSSR count). The summed E-state index contributed by atoms with van der Waals surface area (Å²) >= 11 is 0. The van der Waals surface area contributed by atoms with Gasteiger partial charge in [0.25, 0.3) is 0 Å². The molecule has 0 saturated carbocycles. The van der Waals surface area contributed by atoms with Crippen molar-refractivity contribution in [1.82, 2.24) is 4.90 Å². The summed E-state index contributed by atoms with van der Waals surface area (Å²) in [6.45, 7) is 1.19. The highest BCUT2D eigenvalue weighted by Crippen LogP contribution is 2.14. The molecule has 1 atom stereocenters. The Balaban J connectivity index is 3.89. The molecule has 1 unspecified atom stereocenters. The van der Waals surface area contributed by atoms with Gasteiger partial charge in [0.05, 0.1) is 0 Å². The number of rotatable bonds is 5. The van der Waals surface area contributed by atoms with Crippen LogP contribution in [0.5, 0.6) is 0 Å². The maximum absolute atomic E-state index is 12.0. The standard InChI is InChI=1S/C8H18BF3N/c1-7(2)5-8(3)13(4)6-9(10,11)12/h7-8H,5-6H2,1-4H3/q-1. The second-order valence-electron chi connectivity index (χ2n) is 4.13. The van der Waals surface area contributed by atoms with Gasteiger partial charge in [-0.2, -0.15) is 0 Å². The number of hydrogen-bond acceptors (Lipinski definition) is 1. The minimum absolute atomic E-state index is 0.00324. The highest BCUT2D eigenvalue weighted by Gasteiger charge is 2.26. The SMILES string of the molecule is CC(C)CC(C)N(C)C[B-](F)(F)F. The Bertz CT molecular complexity index is 147. The van der Waals surface area contributed by atoms with Gasteiger partial charge < -0.3 is 17.8 Å². The van der Waals surface area contributed by atoms with Gasteiger partial charge in [-0.15, -0.1) is 0 Å². The van der Waals surface area contributed by atoms with E-state index < -0.39 is 13.4 Å². The summed E-state index contributed by atoms with van der Waals surface area (Å²) in [4.78, 5) is 1.38. The molecule has 5 heteroatoms. The third kappa shape index (κ3) is 6.93. The third-order valence-corrected chi connectivity index (χ3v) is 2.06. The molecule has 1 nitrogen and oxygen atoms in total. The molecule has 0 amide bonds. The lowest BCUT2D eigenvalue weighted by atomic mass is 9.90. The van der Waals surface area contributed by atoms with Crippen LogP contribution in [0.1, 0.15) is 27.2 Å². The molecule has 0 aromatic rings. The summed E-state index contributed by atoms with van der Waals surface area (Å²) in [5, 5.41) is 0. The van der Waals surface area contributed by atoms with E-state index in [0.717, 1.165) is 6.42 Å². The van der Waals surface area contributed by atoms with Gasteiger partial charge in [-0.25, -0.2) is 0 Å². The van der Waals surface area contributed by atoms with Gasteiger partial charge in [-0.3, -0.25) is 0 Å². The highest BCUT2D eigenvalue weighted by molar-refractivity contribution is 6.58.